The summed E-state index contributed by atoms with van der Waals surface area (Å²) in [5.41, 5.74) is 0.714. The molecule has 0 aromatic heterocycles. The van der Waals surface area contributed by atoms with E-state index in [0.29, 0.717) is 42.1 Å². The van der Waals surface area contributed by atoms with Crippen LogP contribution in [0.25, 0.3) is 0 Å². The van der Waals surface area contributed by atoms with Crippen molar-refractivity contribution in [3.63, 3.8) is 0 Å². The van der Waals surface area contributed by atoms with Gasteiger partial charge in [-0.25, -0.2) is 0 Å². The monoisotopic (exact) mass is 491 g/mol. The molecule has 1 fully saturated rings. The van der Waals surface area contributed by atoms with E-state index in [-0.39, 0.29) is 11.9 Å². The third-order valence-electron chi connectivity index (χ3n) is 5.53. The molecule has 0 radical (unpaired) electrons. The second kappa shape index (κ2) is 15.6. The molecule has 7 nitrogen and oxygen atoms in total. The minimum Gasteiger partial charge on any atom is -0.499 e. The zero-order valence-corrected chi connectivity index (χ0v) is 22.0. The van der Waals surface area contributed by atoms with Crippen LogP contribution in [0.4, 0.5) is 0 Å². The number of carbonyl (C=O) groups excluding carboxylic acids is 1. The number of thioether (sulfide) groups is 1. The first-order chi connectivity index (χ1) is 16.5. The minimum absolute atomic E-state index is 0.117. The van der Waals surface area contributed by atoms with Gasteiger partial charge in [-0.2, -0.15) is 0 Å². The van der Waals surface area contributed by atoms with Gasteiger partial charge in [0.25, 0.3) is 0 Å². The van der Waals surface area contributed by atoms with Crippen molar-refractivity contribution in [2.24, 2.45) is 16.1 Å². The Labute approximate surface area is 209 Å². The molecule has 0 spiro atoms. The van der Waals surface area contributed by atoms with Gasteiger partial charge in [0, 0.05) is 11.8 Å². The molecule has 0 saturated heterocycles. The van der Waals surface area contributed by atoms with E-state index >= 15 is 0 Å². The second-order valence-corrected chi connectivity index (χ2v) is 9.65. The zero-order valence-electron chi connectivity index (χ0n) is 21.2. The Balaban J connectivity index is 2.01. The van der Waals surface area contributed by atoms with Crippen molar-refractivity contribution in [1.82, 2.24) is 5.32 Å². The van der Waals surface area contributed by atoms with Crippen LogP contribution in [0.5, 0.6) is 0 Å². The Kier molecular flexibility index (Phi) is 12.9. The van der Waals surface area contributed by atoms with Crippen molar-refractivity contribution >= 4 is 28.4 Å². The molecule has 0 aromatic rings. The van der Waals surface area contributed by atoms with Crippen LogP contribution in [0.15, 0.2) is 46.5 Å². The van der Waals surface area contributed by atoms with Crippen LogP contribution in [0.2, 0.25) is 0 Å². The first-order valence-electron chi connectivity index (χ1n) is 12.4. The zero-order chi connectivity index (χ0) is 24.8. The SMILES string of the molecule is C=C/C=C(\C=C(/OC)C(CCC)NC(=O)C1CSC(/C(C)=N/OCCCCC)=N1)OCC1CC1. The third-order valence-corrected chi connectivity index (χ3v) is 6.68. The maximum Gasteiger partial charge on any atom is 0.246 e. The lowest BCUT2D eigenvalue weighted by atomic mass is 10.1. The second-order valence-electron chi connectivity index (χ2n) is 8.64. The molecule has 34 heavy (non-hydrogen) atoms. The molecule has 190 valence electrons. The summed E-state index contributed by atoms with van der Waals surface area (Å²) >= 11 is 1.53. The van der Waals surface area contributed by atoms with E-state index < -0.39 is 6.04 Å². The molecule has 2 rings (SSSR count). The highest BCUT2D eigenvalue weighted by molar-refractivity contribution is 8.16. The first kappa shape index (κ1) is 28.0. The number of rotatable bonds is 17. The molecule has 1 N–H and O–H groups in total. The Hall–Kier alpha value is -2.22. The minimum atomic E-state index is -0.461. The average molecular weight is 492 g/mol. The maximum absolute atomic E-state index is 13.0. The quantitative estimate of drug-likeness (QED) is 0.0969. The predicted molar refractivity (Wildman–Crippen MR) is 141 cm³/mol. The molecule has 2 atom stereocenters. The van der Waals surface area contributed by atoms with Crippen molar-refractivity contribution in [3.8, 4) is 0 Å². The highest BCUT2D eigenvalue weighted by atomic mass is 32.2. The van der Waals surface area contributed by atoms with Gasteiger partial charge in [0.2, 0.25) is 5.91 Å². The largest absolute Gasteiger partial charge is 0.499 e. The van der Waals surface area contributed by atoms with Crippen molar-refractivity contribution in [2.45, 2.75) is 77.8 Å². The normalized spacial score (nSPS) is 19.9. The summed E-state index contributed by atoms with van der Waals surface area (Å²) in [6, 6.07) is -0.724. The fraction of sp³-hybridized carbons (Fsp3) is 0.654. The van der Waals surface area contributed by atoms with Crippen molar-refractivity contribution < 1.29 is 19.1 Å². The summed E-state index contributed by atoms with van der Waals surface area (Å²) in [7, 11) is 1.62. The lowest BCUT2D eigenvalue weighted by molar-refractivity contribution is -0.122. The number of amides is 1. The van der Waals surface area contributed by atoms with E-state index in [2.05, 4.69) is 35.9 Å². The van der Waals surface area contributed by atoms with Gasteiger partial charge in [0.1, 0.15) is 34.9 Å². The third kappa shape index (κ3) is 9.95. The predicted octanol–water partition coefficient (Wildman–Crippen LogP) is 5.39. The van der Waals surface area contributed by atoms with Crippen LogP contribution in [0.1, 0.15) is 65.7 Å². The number of aliphatic imine (C=N–C) groups is 1. The lowest BCUT2D eigenvalue weighted by Gasteiger charge is -2.22. The van der Waals surface area contributed by atoms with Gasteiger partial charge in [-0.3, -0.25) is 9.79 Å². The van der Waals surface area contributed by atoms with E-state index in [0.717, 1.165) is 37.1 Å². The standard InChI is InChI=1S/C26H41N3O4S/c1-6-9-10-15-33-29-19(4)26-28-23(18-34-26)25(30)27-22(12-8-3)24(31-5)16-21(11-7-2)32-17-20-13-14-20/h7,11,16,20,22-23H,2,6,8-10,12-15,17-18H2,1,3-5H3,(H,27,30)/b21-11+,24-16-,29-19+. The van der Waals surface area contributed by atoms with E-state index in [1.165, 1.54) is 24.6 Å². The molecule has 1 heterocycles. The summed E-state index contributed by atoms with van der Waals surface area (Å²) in [6.45, 7) is 11.2. The molecule has 2 unspecified atom stereocenters. The van der Waals surface area contributed by atoms with Crippen molar-refractivity contribution in [1.29, 1.82) is 0 Å². The number of oxime groups is 1. The van der Waals surface area contributed by atoms with Crippen molar-refractivity contribution in [2.75, 3.05) is 26.1 Å². The van der Waals surface area contributed by atoms with Crippen LogP contribution in [0.3, 0.4) is 0 Å². The fourth-order valence-electron chi connectivity index (χ4n) is 3.34. The van der Waals surface area contributed by atoms with Gasteiger partial charge < -0.3 is 19.6 Å². The molecular formula is C26H41N3O4S. The van der Waals surface area contributed by atoms with Gasteiger partial charge >= 0.3 is 0 Å². The van der Waals surface area contributed by atoms with Crippen LogP contribution in [-0.2, 0) is 19.1 Å². The summed E-state index contributed by atoms with van der Waals surface area (Å²) in [5.74, 6) is 2.46. The average Bonchev–Trinajstić information content (AvgIpc) is 3.53. The van der Waals surface area contributed by atoms with Gasteiger partial charge in [-0.05, 0) is 44.6 Å². The highest BCUT2D eigenvalue weighted by Gasteiger charge is 2.29. The molecule has 0 aromatic carbocycles. The van der Waals surface area contributed by atoms with E-state index in [1.807, 2.05) is 19.1 Å². The molecule has 2 aliphatic rings. The smallest absolute Gasteiger partial charge is 0.246 e. The number of nitrogens with one attached hydrogen (secondary N) is 1. The van der Waals surface area contributed by atoms with E-state index in [4.69, 9.17) is 14.3 Å². The topological polar surface area (TPSA) is 81.5 Å². The molecule has 8 heteroatoms. The Morgan fingerprint density at radius 1 is 1.32 bits per heavy atom. The molecule has 1 aliphatic heterocycles. The van der Waals surface area contributed by atoms with Crippen LogP contribution in [0, 0.1) is 5.92 Å². The van der Waals surface area contributed by atoms with Crippen LogP contribution >= 0.6 is 11.8 Å². The number of carbonyl (C=O) groups is 1. The number of nitrogens with zero attached hydrogens (tertiary/aromatic N) is 2. The van der Waals surface area contributed by atoms with Gasteiger partial charge in [-0.1, -0.05) is 50.9 Å². The summed E-state index contributed by atoms with van der Waals surface area (Å²) < 4.78 is 11.6. The molecular weight excluding hydrogens is 450 g/mol. The molecule has 1 aliphatic carbocycles. The number of hydrogen-bond donors (Lipinski definition) is 1. The Morgan fingerprint density at radius 3 is 2.76 bits per heavy atom. The number of hydrogen-bond acceptors (Lipinski definition) is 7. The number of unbranched alkanes of at least 4 members (excludes halogenated alkanes) is 2. The van der Waals surface area contributed by atoms with Crippen LogP contribution < -0.4 is 5.32 Å². The van der Waals surface area contributed by atoms with Gasteiger partial charge in [0.15, 0.2) is 0 Å². The van der Waals surface area contributed by atoms with E-state index in [1.54, 1.807) is 13.2 Å². The summed E-state index contributed by atoms with van der Waals surface area (Å²) in [6.07, 6.45) is 12.7. The maximum atomic E-state index is 13.0. The first-order valence-corrected chi connectivity index (χ1v) is 13.4. The molecule has 0 bridgehead atoms. The van der Waals surface area contributed by atoms with Gasteiger partial charge in [0.05, 0.1) is 19.8 Å². The van der Waals surface area contributed by atoms with Crippen LogP contribution in [-0.4, -0.2) is 54.8 Å². The number of allylic oxidation sites excluding steroid dienone is 3. The Morgan fingerprint density at radius 2 is 2.12 bits per heavy atom. The number of ether oxygens (including phenoxy) is 2. The summed E-state index contributed by atoms with van der Waals surface area (Å²) in [4.78, 5) is 23.0. The van der Waals surface area contributed by atoms with Crippen molar-refractivity contribution in [3.05, 3.63) is 36.3 Å². The van der Waals surface area contributed by atoms with Gasteiger partial charge in [-0.15, -0.1) is 11.8 Å². The fourth-order valence-corrected chi connectivity index (χ4v) is 4.33. The summed E-state index contributed by atoms with van der Waals surface area (Å²) in [5, 5.41) is 8.05. The number of methoxy groups -OCH3 is 1. The van der Waals surface area contributed by atoms with E-state index in [9.17, 15) is 4.79 Å². The Bertz CT molecular complexity index is 787. The molecule has 1 amide bonds. The molecule has 1 saturated carbocycles. The lowest BCUT2D eigenvalue weighted by Crippen LogP contribution is -2.42. The highest BCUT2D eigenvalue weighted by Crippen LogP contribution is 2.30.